The molecule has 0 atom stereocenters. The third-order valence-corrected chi connectivity index (χ3v) is 4.91. The quantitative estimate of drug-likeness (QED) is 0.661. The number of fused-ring (bicyclic) bond motifs is 2. The van der Waals surface area contributed by atoms with Gasteiger partial charge in [-0.2, -0.15) is 0 Å². The fourth-order valence-corrected chi connectivity index (χ4v) is 3.75. The first kappa shape index (κ1) is 12.8. The highest BCUT2D eigenvalue weighted by atomic mass is 19.1. The van der Waals surface area contributed by atoms with E-state index in [0.29, 0.717) is 5.56 Å². The summed E-state index contributed by atoms with van der Waals surface area (Å²) in [5, 5.41) is 0. The van der Waals surface area contributed by atoms with Gasteiger partial charge in [-0.15, -0.1) is 0 Å². The molecule has 106 valence electrons. The Balaban J connectivity index is 1.82. The van der Waals surface area contributed by atoms with E-state index in [-0.39, 0.29) is 11.2 Å². The summed E-state index contributed by atoms with van der Waals surface area (Å²) in [4.78, 5) is 4.61. The molecule has 1 fully saturated rings. The third-order valence-electron chi connectivity index (χ3n) is 4.91. The molecule has 1 aliphatic carbocycles. The van der Waals surface area contributed by atoms with Crippen LogP contribution in [0.3, 0.4) is 0 Å². The van der Waals surface area contributed by atoms with Crippen molar-refractivity contribution >= 4 is 11.9 Å². The highest BCUT2D eigenvalue weighted by molar-refractivity contribution is 5.87. The molecule has 0 aromatic heterocycles. The van der Waals surface area contributed by atoms with E-state index >= 15 is 0 Å². The van der Waals surface area contributed by atoms with Gasteiger partial charge in [0.1, 0.15) is 5.82 Å². The Morgan fingerprint density at radius 3 is 2.57 bits per heavy atom. The van der Waals surface area contributed by atoms with Gasteiger partial charge in [0, 0.05) is 17.2 Å². The zero-order chi connectivity index (χ0) is 14.3. The topological polar surface area (TPSA) is 12.4 Å². The number of nitrogens with zero attached hydrogens (tertiary/aromatic N) is 1. The second-order valence-electron chi connectivity index (χ2n) is 6.19. The van der Waals surface area contributed by atoms with Gasteiger partial charge in [0.2, 0.25) is 0 Å². The van der Waals surface area contributed by atoms with Gasteiger partial charge in [0.15, 0.2) is 0 Å². The Morgan fingerprint density at radius 2 is 1.76 bits per heavy atom. The van der Waals surface area contributed by atoms with E-state index < -0.39 is 0 Å². The molecule has 1 saturated carbocycles. The summed E-state index contributed by atoms with van der Waals surface area (Å²) in [6.45, 7) is 0. The van der Waals surface area contributed by atoms with Crippen LogP contribution in [0.1, 0.15) is 37.7 Å². The molecule has 2 aromatic carbocycles. The summed E-state index contributed by atoms with van der Waals surface area (Å²) in [6, 6.07) is 13.2. The smallest absolute Gasteiger partial charge is 0.131 e. The van der Waals surface area contributed by atoms with E-state index in [9.17, 15) is 4.39 Å². The minimum atomic E-state index is -0.158. The molecule has 1 spiro atoms. The lowest BCUT2D eigenvalue weighted by Gasteiger charge is -2.32. The fraction of sp³-hybridized carbons (Fsp3) is 0.316. The monoisotopic (exact) mass is 279 g/mol. The van der Waals surface area contributed by atoms with Crippen LogP contribution < -0.4 is 0 Å². The van der Waals surface area contributed by atoms with Gasteiger partial charge >= 0.3 is 0 Å². The predicted octanol–water partition coefficient (Wildman–Crippen LogP) is 5.41. The zero-order valence-electron chi connectivity index (χ0n) is 12.0. The molecule has 0 bridgehead atoms. The van der Waals surface area contributed by atoms with Crippen LogP contribution in [0.25, 0.3) is 11.1 Å². The van der Waals surface area contributed by atoms with Crippen molar-refractivity contribution < 1.29 is 4.39 Å². The van der Waals surface area contributed by atoms with Crippen molar-refractivity contribution in [1.29, 1.82) is 0 Å². The van der Waals surface area contributed by atoms with Crippen LogP contribution in [0.15, 0.2) is 47.5 Å². The van der Waals surface area contributed by atoms with Gasteiger partial charge in [-0.05, 0) is 42.2 Å². The normalized spacial score (nSPS) is 18.9. The molecule has 0 saturated heterocycles. The van der Waals surface area contributed by atoms with Crippen LogP contribution >= 0.6 is 0 Å². The van der Waals surface area contributed by atoms with Crippen molar-refractivity contribution in [2.24, 2.45) is 4.99 Å². The SMILES string of the molecule is Fc1ccccc1-c1ccc2c(c1)C1(C=N2)CCCCC1. The number of hydrogen-bond acceptors (Lipinski definition) is 1. The Hall–Kier alpha value is -1.96. The molecule has 2 aromatic rings. The van der Waals surface area contributed by atoms with Gasteiger partial charge in [-0.3, -0.25) is 4.99 Å². The number of hydrogen-bond donors (Lipinski definition) is 0. The van der Waals surface area contributed by atoms with Crippen LogP contribution in [0.5, 0.6) is 0 Å². The summed E-state index contributed by atoms with van der Waals surface area (Å²) in [7, 11) is 0. The maximum atomic E-state index is 14.0. The molecular weight excluding hydrogens is 261 g/mol. The van der Waals surface area contributed by atoms with Gasteiger partial charge in [0.25, 0.3) is 0 Å². The van der Waals surface area contributed by atoms with E-state index in [1.54, 1.807) is 6.07 Å². The van der Waals surface area contributed by atoms with Gasteiger partial charge in [-0.25, -0.2) is 4.39 Å². The largest absolute Gasteiger partial charge is 0.260 e. The van der Waals surface area contributed by atoms with Gasteiger partial charge in [-0.1, -0.05) is 43.5 Å². The van der Waals surface area contributed by atoms with Gasteiger partial charge in [0.05, 0.1) is 5.69 Å². The number of rotatable bonds is 1. The number of aliphatic imine (C=N–C) groups is 1. The molecule has 2 aliphatic rings. The molecule has 0 amide bonds. The molecule has 0 radical (unpaired) electrons. The van der Waals surface area contributed by atoms with Crippen molar-refractivity contribution in [1.82, 2.24) is 0 Å². The molecule has 21 heavy (non-hydrogen) atoms. The van der Waals surface area contributed by atoms with E-state index in [1.807, 2.05) is 24.3 Å². The molecular formula is C19H18FN. The van der Waals surface area contributed by atoms with Crippen molar-refractivity contribution in [3.63, 3.8) is 0 Å². The molecule has 0 N–H and O–H groups in total. The Kier molecular flexibility index (Phi) is 2.91. The summed E-state index contributed by atoms with van der Waals surface area (Å²) < 4.78 is 14.0. The van der Waals surface area contributed by atoms with Crippen LogP contribution in [0.2, 0.25) is 0 Å². The lowest BCUT2D eigenvalue weighted by molar-refractivity contribution is 0.391. The fourth-order valence-electron chi connectivity index (χ4n) is 3.75. The third kappa shape index (κ3) is 2.01. The maximum Gasteiger partial charge on any atom is 0.131 e. The molecule has 1 aliphatic heterocycles. The van der Waals surface area contributed by atoms with E-state index in [1.165, 1.54) is 43.7 Å². The van der Waals surface area contributed by atoms with Crippen LogP contribution in [-0.2, 0) is 5.41 Å². The summed E-state index contributed by atoms with van der Waals surface area (Å²) in [5.74, 6) is -0.158. The van der Waals surface area contributed by atoms with E-state index in [2.05, 4.69) is 17.3 Å². The lowest BCUT2D eigenvalue weighted by atomic mass is 9.70. The summed E-state index contributed by atoms with van der Waals surface area (Å²) in [6.07, 6.45) is 8.32. The van der Waals surface area contributed by atoms with Crippen molar-refractivity contribution in [2.45, 2.75) is 37.5 Å². The van der Waals surface area contributed by atoms with Crippen molar-refractivity contribution in [3.8, 4) is 11.1 Å². The lowest BCUT2D eigenvalue weighted by Crippen LogP contribution is -2.28. The Bertz CT molecular complexity index is 711. The molecule has 1 nitrogen and oxygen atoms in total. The molecule has 0 unspecified atom stereocenters. The van der Waals surface area contributed by atoms with Gasteiger partial charge < -0.3 is 0 Å². The first-order valence-corrected chi connectivity index (χ1v) is 7.73. The average molecular weight is 279 g/mol. The molecule has 2 heteroatoms. The van der Waals surface area contributed by atoms with E-state index in [4.69, 9.17) is 0 Å². The Labute approximate surface area is 124 Å². The predicted molar refractivity (Wildman–Crippen MR) is 84.8 cm³/mol. The second-order valence-corrected chi connectivity index (χ2v) is 6.19. The van der Waals surface area contributed by atoms with Crippen molar-refractivity contribution in [3.05, 3.63) is 53.8 Å². The zero-order valence-corrected chi connectivity index (χ0v) is 12.0. The second kappa shape index (κ2) is 4.80. The summed E-state index contributed by atoms with van der Waals surface area (Å²) >= 11 is 0. The number of halogens is 1. The number of benzene rings is 2. The average Bonchev–Trinajstić information content (AvgIpc) is 2.87. The molecule has 1 heterocycles. The summed E-state index contributed by atoms with van der Waals surface area (Å²) in [5.41, 5.74) is 4.11. The highest BCUT2D eigenvalue weighted by Crippen LogP contribution is 2.47. The van der Waals surface area contributed by atoms with Crippen LogP contribution in [-0.4, -0.2) is 6.21 Å². The minimum Gasteiger partial charge on any atom is -0.260 e. The first-order valence-electron chi connectivity index (χ1n) is 7.73. The van der Waals surface area contributed by atoms with Crippen LogP contribution in [0.4, 0.5) is 10.1 Å². The van der Waals surface area contributed by atoms with Crippen molar-refractivity contribution in [2.75, 3.05) is 0 Å². The van der Waals surface area contributed by atoms with E-state index in [0.717, 1.165) is 11.3 Å². The standard InChI is InChI=1S/C19H18FN/c20-17-7-3-2-6-15(17)14-8-9-18-16(12-14)19(13-21-18)10-4-1-5-11-19/h2-3,6-9,12-13H,1,4-5,10-11H2. The first-order chi connectivity index (χ1) is 10.3. The minimum absolute atomic E-state index is 0.106. The van der Waals surface area contributed by atoms with Crippen LogP contribution in [0, 0.1) is 5.82 Å². The highest BCUT2D eigenvalue weighted by Gasteiger charge is 2.37. The molecule has 4 rings (SSSR count). The maximum absolute atomic E-state index is 14.0. The Morgan fingerprint density at radius 1 is 0.952 bits per heavy atom.